The van der Waals surface area contributed by atoms with Crippen molar-refractivity contribution >= 4 is 46.2 Å². The first-order chi connectivity index (χ1) is 12.0. The number of nitrogens with zero attached hydrogens (tertiary/aromatic N) is 2. The molecule has 0 aliphatic heterocycles. The van der Waals surface area contributed by atoms with Gasteiger partial charge >= 0.3 is 5.97 Å². The van der Waals surface area contributed by atoms with E-state index in [0.29, 0.717) is 23.6 Å². The van der Waals surface area contributed by atoms with Crippen molar-refractivity contribution in [2.75, 3.05) is 0 Å². The normalized spacial score (nSPS) is 16.2. The number of fused-ring (bicyclic) bond motifs is 2. The van der Waals surface area contributed by atoms with Gasteiger partial charge in [0.1, 0.15) is 0 Å². The summed E-state index contributed by atoms with van der Waals surface area (Å²) in [6.07, 6.45) is 7.85. The molecule has 2 heterocycles. The first kappa shape index (κ1) is 16.2. The average Bonchev–Trinajstić information content (AvgIpc) is 2.95. The van der Waals surface area contributed by atoms with Crippen LogP contribution in [0.3, 0.4) is 0 Å². The molecule has 1 unspecified atom stereocenters. The lowest BCUT2D eigenvalue weighted by molar-refractivity contribution is 0.0695. The summed E-state index contributed by atoms with van der Waals surface area (Å²) in [7, 11) is 0. The fourth-order valence-electron chi connectivity index (χ4n) is 3.27. The fourth-order valence-corrected chi connectivity index (χ4v) is 3.77. The first-order valence-electron chi connectivity index (χ1n) is 7.84. The predicted octanol–water partition coefficient (Wildman–Crippen LogP) is 5.13. The lowest BCUT2D eigenvalue weighted by atomic mass is 10.00. The van der Waals surface area contributed by atoms with Crippen molar-refractivity contribution in [2.45, 2.75) is 18.3 Å². The van der Waals surface area contributed by atoms with E-state index in [1.165, 1.54) is 0 Å². The Hall–Kier alpha value is -2.30. The molecule has 1 aromatic carbocycles. The Morgan fingerprint density at radius 1 is 1.36 bits per heavy atom. The van der Waals surface area contributed by atoms with Crippen LogP contribution in [-0.2, 0) is 6.54 Å². The van der Waals surface area contributed by atoms with Gasteiger partial charge < -0.3 is 9.67 Å². The highest BCUT2D eigenvalue weighted by Gasteiger charge is 2.26. The molecule has 25 heavy (non-hydrogen) atoms. The maximum atomic E-state index is 11.6. The number of hydrogen-bond acceptors (Lipinski definition) is 2. The molecule has 0 bridgehead atoms. The monoisotopic (exact) mass is 372 g/mol. The van der Waals surface area contributed by atoms with Crippen molar-refractivity contribution in [3.63, 3.8) is 0 Å². The van der Waals surface area contributed by atoms with Crippen molar-refractivity contribution in [2.24, 2.45) is 0 Å². The first-order valence-corrected chi connectivity index (χ1v) is 8.65. The van der Waals surface area contributed by atoms with Crippen LogP contribution in [0.15, 0.2) is 42.7 Å². The second-order valence-electron chi connectivity index (χ2n) is 6.06. The lowest BCUT2D eigenvalue weighted by Crippen LogP contribution is -2.05. The number of benzene rings is 1. The summed E-state index contributed by atoms with van der Waals surface area (Å²) in [6, 6.07) is 7.82. The molecule has 4 nitrogen and oxygen atoms in total. The molecule has 0 saturated heterocycles. The molecular weight excluding hydrogens is 359 g/mol. The van der Waals surface area contributed by atoms with Crippen LogP contribution < -0.4 is 0 Å². The number of allylic oxidation sites excluding steroid dienone is 1. The molecule has 2 aromatic heterocycles. The number of halogens is 2. The van der Waals surface area contributed by atoms with E-state index in [2.05, 4.69) is 4.98 Å². The standard InChI is InChI=1S/C19H14Cl2N2O2/c20-13-7-12-6-11(4-5-16(12)22-8-13)9-23-10-14(19(24)25)18-15(21)2-1-3-17(18)23/h1,3-8,10,15H,2,9H2,(H,24,25). The van der Waals surface area contributed by atoms with E-state index in [-0.39, 0.29) is 10.9 Å². The third kappa shape index (κ3) is 2.92. The van der Waals surface area contributed by atoms with Gasteiger partial charge in [0.05, 0.1) is 21.5 Å². The largest absolute Gasteiger partial charge is 0.478 e. The predicted molar refractivity (Wildman–Crippen MR) is 99.5 cm³/mol. The number of carbonyl (C=O) groups is 1. The van der Waals surface area contributed by atoms with Crippen molar-refractivity contribution in [1.82, 2.24) is 9.55 Å². The fraction of sp³-hybridized carbons (Fsp3) is 0.158. The molecule has 0 amide bonds. The van der Waals surface area contributed by atoms with Crippen molar-refractivity contribution in [3.05, 3.63) is 70.1 Å². The molecule has 0 saturated carbocycles. The smallest absolute Gasteiger partial charge is 0.337 e. The number of carboxylic acid groups (broad SMARTS) is 1. The summed E-state index contributed by atoms with van der Waals surface area (Å²) in [6.45, 7) is 0.548. The van der Waals surface area contributed by atoms with E-state index >= 15 is 0 Å². The van der Waals surface area contributed by atoms with E-state index in [0.717, 1.165) is 22.2 Å². The molecule has 1 aliphatic carbocycles. The highest BCUT2D eigenvalue weighted by Crippen LogP contribution is 2.37. The van der Waals surface area contributed by atoms with E-state index in [1.807, 2.05) is 41.0 Å². The molecule has 6 heteroatoms. The summed E-state index contributed by atoms with van der Waals surface area (Å²) in [5, 5.41) is 10.7. The molecule has 126 valence electrons. The van der Waals surface area contributed by atoms with Crippen molar-refractivity contribution < 1.29 is 9.90 Å². The number of pyridine rings is 1. The Morgan fingerprint density at radius 3 is 3.00 bits per heavy atom. The molecule has 1 N–H and O–H groups in total. The summed E-state index contributed by atoms with van der Waals surface area (Å²) < 4.78 is 1.93. The van der Waals surface area contributed by atoms with Crippen LogP contribution in [0, 0.1) is 0 Å². The third-order valence-corrected chi connectivity index (χ3v) is 4.99. The Balaban J connectivity index is 1.78. The topological polar surface area (TPSA) is 55.1 Å². The number of carboxylic acids is 1. The minimum atomic E-state index is -0.953. The third-order valence-electron chi connectivity index (χ3n) is 4.39. The average molecular weight is 373 g/mol. The second-order valence-corrected chi connectivity index (χ2v) is 7.02. The molecule has 0 fully saturated rings. The Morgan fingerprint density at radius 2 is 2.20 bits per heavy atom. The van der Waals surface area contributed by atoms with Gasteiger partial charge in [-0.1, -0.05) is 23.7 Å². The molecular formula is C19H14Cl2N2O2. The number of aromatic nitrogens is 2. The number of aromatic carboxylic acids is 1. The minimum Gasteiger partial charge on any atom is -0.478 e. The molecule has 0 spiro atoms. The zero-order valence-electron chi connectivity index (χ0n) is 13.1. The maximum absolute atomic E-state index is 11.6. The zero-order valence-corrected chi connectivity index (χ0v) is 14.6. The van der Waals surface area contributed by atoms with E-state index in [9.17, 15) is 9.90 Å². The lowest BCUT2D eigenvalue weighted by Gasteiger charge is -2.15. The Labute approximate surface area is 154 Å². The molecule has 4 rings (SSSR count). The van der Waals surface area contributed by atoms with Crippen LogP contribution in [0.1, 0.15) is 39.0 Å². The van der Waals surface area contributed by atoms with Gasteiger partial charge in [-0.2, -0.15) is 0 Å². The van der Waals surface area contributed by atoms with Crippen molar-refractivity contribution in [1.29, 1.82) is 0 Å². The SMILES string of the molecule is O=C(O)c1cn(Cc2ccc3ncc(Cl)cc3c2)c2c1C(Cl)CC=C2. The van der Waals surface area contributed by atoms with Crippen LogP contribution in [0.4, 0.5) is 0 Å². The van der Waals surface area contributed by atoms with Gasteiger partial charge in [-0.3, -0.25) is 4.98 Å². The van der Waals surface area contributed by atoms with Gasteiger partial charge in [0.25, 0.3) is 0 Å². The highest BCUT2D eigenvalue weighted by molar-refractivity contribution is 6.31. The van der Waals surface area contributed by atoms with E-state index in [4.69, 9.17) is 23.2 Å². The van der Waals surface area contributed by atoms with Gasteiger partial charge in [-0.25, -0.2) is 4.79 Å². The van der Waals surface area contributed by atoms with Crippen molar-refractivity contribution in [3.8, 4) is 0 Å². The minimum absolute atomic E-state index is 0.268. The zero-order chi connectivity index (χ0) is 17.6. The number of hydrogen-bond donors (Lipinski definition) is 1. The number of alkyl halides is 1. The number of rotatable bonds is 3. The summed E-state index contributed by atoms with van der Waals surface area (Å²) in [4.78, 5) is 15.9. The second kappa shape index (κ2) is 6.21. The summed E-state index contributed by atoms with van der Waals surface area (Å²) in [5.74, 6) is -0.953. The molecule has 0 radical (unpaired) electrons. The quantitative estimate of drug-likeness (QED) is 0.648. The van der Waals surface area contributed by atoms with Gasteiger partial charge in [-0.05, 0) is 36.3 Å². The van der Waals surface area contributed by atoms with Gasteiger partial charge in [0.15, 0.2) is 0 Å². The summed E-state index contributed by atoms with van der Waals surface area (Å²) >= 11 is 12.4. The van der Waals surface area contributed by atoms with Crippen LogP contribution >= 0.6 is 23.2 Å². The van der Waals surface area contributed by atoms with Gasteiger partial charge in [0.2, 0.25) is 0 Å². The van der Waals surface area contributed by atoms with E-state index < -0.39 is 5.97 Å². The van der Waals surface area contributed by atoms with E-state index in [1.54, 1.807) is 12.4 Å². The van der Waals surface area contributed by atoms with Crippen LogP contribution in [0.2, 0.25) is 5.02 Å². The Bertz CT molecular complexity index is 1020. The van der Waals surface area contributed by atoms with Crippen LogP contribution in [-0.4, -0.2) is 20.6 Å². The van der Waals surface area contributed by atoms with Crippen LogP contribution in [0.25, 0.3) is 17.0 Å². The Kier molecular flexibility index (Phi) is 4.02. The molecule has 3 aromatic rings. The van der Waals surface area contributed by atoms with Gasteiger partial charge in [-0.15, -0.1) is 11.6 Å². The molecule has 1 aliphatic rings. The van der Waals surface area contributed by atoms with Gasteiger partial charge in [0, 0.05) is 35.6 Å². The molecule has 1 atom stereocenters. The van der Waals surface area contributed by atoms with Crippen LogP contribution in [0.5, 0.6) is 0 Å². The highest BCUT2D eigenvalue weighted by atomic mass is 35.5. The summed E-state index contributed by atoms with van der Waals surface area (Å²) in [5.41, 5.74) is 3.73. The maximum Gasteiger partial charge on any atom is 0.337 e.